The summed E-state index contributed by atoms with van der Waals surface area (Å²) in [7, 11) is 0. The van der Waals surface area contributed by atoms with Crippen molar-refractivity contribution in [1.29, 1.82) is 0 Å². The van der Waals surface area contributed by atoms with E-state index < -0.39 is 0 Å². The third-order valence-corrected chi connectivity index (χ3v) is 3.72. The smallest absolute Gasteiger partial charge is 0.220 e. The molecule has 1 amide bonds. The van der Waals surface area contributed by atoms with Crippen molar-refractivity contribution in [3.63, 3.8) is 0 Å². The van der Waals surface area contributed by atoms with Gasteiger partial charge in [-0.1, -0.05) is 37.8 Å². The van der Waals surface area contributed by atoms with E-state index in [2.05, 4.69) is 12.2 Å². The molecule has 0 atom stereocenters. The van der Waals surface area contributed by atoms with Crippen LogP contribution in [0.5, 0.6) is 5.75 Å². The summed E-state index contributed by atoms with van der Waals surface area (Å²) >= 11 is 5.96. The largest absolute Gasteiger partial charge is 0.494 e. The van der Waals surface area contributed by atoms with E-state index in [1.54, 1.807) is 0 Å². The van der Waals surface area contributed by atoms with Crippen molar-refractivity contribution in [3.8, 4) is 5.75 Å². The molecule has 4 heteroatoms. The number of benzene rings is 1. The van der Waals surface area contributed by atoms with Crippen LogP contribution in [0.15, 0.2) is 18.2 Å². The van der Waals surface area contributed by atoms with Gasteiger partial charge in [-0.2, -0.15) is 0 Å². The summed E-state index contributed by atoms with van der Waals surface area (Å²) in [6.45, 7) is 5.46. The normalized spacial score (nSPS) is 10.4. The molecule has 1 rings (SSSR count). The molecule has 3 nitrogen and oxygen atoms in total. The van der Waals surface area contributed by atoms with Crippen LogP contribution in [0.25, 0.3) is 0 Å². The molecule has 0 aliphatic carbocycles. The van der Waals surface area contributed by atoms with Gasteiger partial charge >= 0.3 is 0 Å². The van der Waals surface area contributed by atoms with Gasteiger partial charge in [-0.05, 0) is 43.5 Å². The Hall–Kier alpha value is -1.22. The maximum absolute atomic E-state index is 11.6. The highest BCUT2D eigenvalue weighted by molar-refractivity contribution is 6.31. The second-order valence-electron chi connectivity index (χ2n) is 5.27. The molecule has 0 fully saturated rings. The maximum Gasteiger partial charge on any atom is 0.220 e. The lowest BCUT2D eigenvalue weighted by Crippen LogP contribution is -2.24. The van der Waals surface area contributed by atoms with Crippen molar-refractivity contribution in [2.75, 3.05) is 13.2 Å². The molecule has 1 N–H and O–H groups in total. The SMILES string of the molecule is CCCCCCNC(=O)CCCOc1ccc(Cl)c(C)c1. The zero-order valence-corrected chi connectivity index (χ0v) is 13.8. The number of nitrogens with one attached hydrogen (secondary N) is 1. The summed E-state index contributed by atoms with van der Waals surface area (Å²) < 4.78 is 5.61. The van der Waals surface area contributed by atoms with Crippen molar-refractivity contribution in [2.24, 2.45) is 0 Å². The molecular weight excluding hydrogens is 286 g/mol. The highest BCUT2D eigenvalue weighted by Crippen LogP contribution is 2.21. The number of carbonyl (C=O) groups excluding carboxylic acids is 1. The van der Waals surface area contributed by atoms with Gasteiger partial charge in [-0.15, -0.1) is 0 Å². The topological polar surface area (TPSA) is 38.3 Å². The third kappa shape index (κ3) is 7.96. The van der Waals surface area contributed by atoms with Gasteiger partial charge < -0.3 is 10.1 Å². The third-order valence-electron chi connectivity index (χ3n) is 3.30. The van der Waals surface area contributed by atoms with Crippen molar-refractivity contribution in [3.05, 3.63) is 28.8 Å². The Kier molecular flexibility index (Phi) is 8.91. The highest BCUT2D eigenvalue weighted by atomic mass is 35.5. The van der Waals surface area contributed by atoms with Crippen molar-refractivity contribution in [1.82, 2.24) is 5.32 Å². The van der Waals surface area contributed by atoms with Crippen LogP contribution >= 0.6 is 11.6 Å². The molecule has 118 valence electrons. The predicted molar refractivity (Wildman–Crippen MR) is 88.1 cm³/mol. The molecule has 0 heterocycles. The van der Waals surface area contributed by atoms with Gasteiger partial charge in [0.15, 0.2) is 0 Å². The Labute approximate surface area is 133 Å². The van der Waals surface area contributed by atoms with Gasteiger partial charge in [-0.25, -0.2) is 0 Å². The van der Waals surface area contributed by atoms with Gasteiger partial charge in [0, 0.05) is 18.0 Å². The van der Waals surface area contributed by atoms with Crippen molar-refractivity contribution < 1.29 is 9.53 Å². The van der Waals surface area contributed by atoms with E-state index in [0.717, 1.165) is 35.7 Å². The quantitative estimate of drug-likeness (QED) is 0.646. The van der Waals surface area contributed by atoms with Crippen LogP contribution < -0.4 is 10.1 Å². The Bertz CT molecular complexity index is 435. The first-order valence-corrected chi connectivity index (χ1v) is 8.17. The van der Waals surface area contributed by atoms with Gasteiger partial charge in [0.25, 0.3) is 0 Å². The van der Waals surface area contributed by atoms with E-state index in [1.165, 1.54) is 19.3 Å². The molecular formula is C17H26ClNO2. The van der Waals surface area contributed by atoms with Gasteiger partial charge in [0.05, 0.1) is 6.61 Å². The highest BCUT2D eigenvalue weighted by Gasteiger charge is 2.02. The van der Waals surface area contributed by atoms with E-state index in [9.17, 15) is 4.79 Å². The minimum atomic E-state index is 0.113. The van der Waals surface area contributed by atoms with Crippen LogP contribution in [-0.2, 0) is 4.79 Å². The fraction of sp³-hybridized carbons (Fsp3) is 0.588. The first kappa shape index (κ1) is 17.8. The van der Waals surface area contributed by atoms with Gasteiger partial charge in [0.2, 0.25) is 5.91 Å². The summed E-state index contributed by atoms with van der Waals surface area (Å²) in [5, 5.41) is 3.69. The van der Waals surface area contributed by atoms with Crippen LogP contribution in [0.3, 0.4) is 0 Å². The van der Waals surface area contributed by atoms with Crippen molar-refractivity contribution >= 4 is 17.5 Å². The minimum absolute atomic E-state index is 0.113. The van der Waals surface area contributed by atoms with Crippen LogP contribution in [0.2, 0.25) is 5.02 Å². The average molecular weight is 312 g/mol. The Morgan fingerprint density at radius 2 is 2.05 bits per heavy atom. The monoisotopic (exact) mass is 311 g/mol. The maximum atomic E-state index is 11.6. The summed E-state index contributed by atoms with van der Waals surface area (Å²) in [5.74, 6) is 0.916. The second kappa shape index (κ2) is 10.5. The molecule has 0 bridgehead atoms. The van der Waals surface area contributed by atoms with E-state index in [-0.39, 0.29) is 5.91 Å². The summed E-state index contributed by atoms with van der Waals surface area (Å²) in [6, 6.07) is 5.59. The second-order valence-corrected chi connectivity index (χ2v) is 5.68. The van der Waals surface area contributed by atoms with Crippen LogP contribution in [0.1, 0.15) is 51.0 Å². The number of rotatable bonds is 10. The Morgan fingerprint density at radius 3 is 2.76 bits per heavy atom. The predicted octanol–water partition coefficient (Wildman–Crippen LogP) is 4.50. The average Bonchev–Trinajstić information content (AvgIpc) is 2.47. The van der Waals surface area contributed by atoms with Crippen LogP contribution in [0.4, 0.5) is 0 Å². The zero-order chi connectivity index (χ0) is 15.5. The zero-order valence-electron chi connectivity index (χ0n) is 13.1. The molecule has 0 aromatic heterocycles. The molecule has 0 radical (unpaired) electrons. The first-order valence-electron chi connectivity index (χ1n) is 7.79. The van der Waals surface area contributed by atoms with Crippen molar-refractivity contribution in [2.45, 2.75) is 52.4 Å². The molecule has 1 aromatic rings. The molecule has 21 heavy (non-hydrogen) atoms. The summed E-state index contributed by atoms with van der Waals surface area (Å²) in [4.78, 5) is 11.6. The number of amides is 1. The van der Waals surface area contributed by atoms with Crippen LogP contribution in [-0.4, -0.2) is 19.1 Å². The number of aryl methyl sites for hydroxylation is 1. The molecule has 1 aromatic carbocycles. The number of hydrogen-bond acceptors (Lipinski definition) is 2. The number of unbranched alkanes of at least 4 members (excludes halogenated alkanes) is 3. The number of carbonyl (C=O) groups is 1. The minimum Gasteiger partial charge on any atom is -0.494 e. The van der Waals surface area contributed by atoms with E-state index in [1.807, 2.05) is 25.1 Å². The van der Waals surface area contributed by atoms with Crippen LogP contribution in [0, 0.1) is 6.92 Å². The lowest BCUT2D eigenvalue weighted by atomic mass is 10.2. The molecule has 0 saturated carbocycles. The Balaban J connectivity index is 2.07. The summed E-state index contributed by atoms with van der Waals surface area (Å²) in [5.41, 5.74) is 0.999. The Morgan fingerprint density at radius 1 is 1.24 bits per heavy atom. The standard InChI is InChI=1S/C17H26ClNO2/c1-3-4-5-6-11-19-17(20)8-7-12-21-15-9-10-16(18)14(2)13-15/h9-10,13H,3-8,11-12H2,1-2H3,(H,19,20). The molecule has 0 aliphatic heterocycles. The molecule has 0 aliphatic rings. The van der Waals surface area contributed by atoms with E-state index in [0.29, 0.717) is 13.0 Å². The lowest BCUT2D eigenvalue weighted by Gasteiger charge is -2.08. The van der Waals surface area contributed by atoms with Gasteiger partial charge in [0.1, 0.15) is 5.75 Å². The lowest BCUT2D eigenvalue weighted by molar-refractivity contribution is -0.121. The van der Waals surface area contributed by atoms with Gasteiger partial charge in [-0.3, -0.25) is 4.79 Å². The van der Waals surface area contributed by atoms with E-state index >= 15 is 0 Å². The number of halogens is 1. The van der Waals surface area contributed by atoms with E-state index in [4.69, 9.17) is 16.3 Å². The fourth-order valence-corrected chi connectivity index (χ4v) is 2.12. The fourth-order valence-electron chi connectivity index (χ4n) is 2.00. The molecule has 0 unspecified atom stereocenters. The summed E-state index contributed by atoms with van der Waals surface area (Å²) in [6.07, 6.45) is 5.96. The molecule has 0 spiro atoms. The number of ether oxygens (including phenoxy) is 1. The number of hydrogen-bond donors (Lipinski definition) is 1. The first-order chi connectivity index (χ1) is 10.1. The molecule has 0 saturated heterocycles.